The van der Waals surface area contributed by atoms with Crippen molar-refractivity contribution in [2.75, 3.05) is 5.73 Å². The van der Waals surface area contributed by atoms with Gasteiger partial charge >= 0.3 is 0 Å². The van der Waals surface area contributed by atoms with Crippen molar-refractivity contribution < 1.29 is 8.78 Å². The highest BCUT2D eigenvalue weighted by atomic mass is 35.5. The molecule has 28 heavy (non-hydrogen) atoms. The highest BCUT2D eigenvalue weighted by molar-refractivity contribution is 5.98. The Labute approximate surface area is 165 Å². The SMILES string of the molecule is Cl.Nc1ncnc2c1c(-c1ccc(F)c(F)c1)nn2C1Cc2ccccc2C1. The van der Waals surface area contributed by atoms with Crippen LogP contribution in [-0.2, 0) is 12.8 Å². The summed E-state index contributed by atoms with van der Waals surface area (Å²) in [4.78, 5) is 8.44. The molecule has 0 unspecified atom stereocenters. The Morgan fingerprint density at radius 1 is 0.964 bits per heavy atom. The van der Waals surface area contributed by atoms with E-state index in [2.05, 4.69) is 22.1 Å². The molecule has 2 N–H and O–H groups in total. The van der Waals surface area contributed by atoms with Crippen LogP contribution in [0, 0.1) is 11.6 Å². The standard InChI is InChI=1S/C20H15F2N5.ClH/c21-15-6-5-13(9-16(15)22)18-17-19(23)24-10-25-20(17)27(26-18)14-7-11-3-1-2-4-12(11)8-14;/h1-6,9-10,14H,7-8H2,(H2,23,24,25);1H. The van der Waals surface area contributed by atoms with Gasteiger partial charge in [-0.25, -0.2) is 23.4 Å². The first-order valence-electron chi connectivity index (χ1n) is 8.62. The molecule has 0 spiro atoms. The number of nitrogens with two attached hydrogens (primary N) is 1. The van der Waals surface area contributed by atoms with E-state index in [-0.39, 0.29) is 24.3 Å². The van der Waals surface area contributed by atoms with Gasteiger partial charge in [-0.05, 0) is 42.2 Å². The third kappa shape index (κ3) is 2.79. The molecule has 0 aliphatic heterocycles. The molecule has 4 aromatic rings. The Morgan fingerprint density at radius 3 is 2.36 bits per heavy atom. The number of nitrogen functional groups attached to an aromatic ring is 1. The number of nitrogens with zero attached hydrogens (tertiary/aromatic N) is 4. The highest BCUT2D eigenvalue weighted by Crippen LogP contribution is 2.36. The molecule has 0 fully saturated rings. The van der Waals surface area contributed by atoms with Gasteiger partial charge in [0.15, 0.2) is 17.3 Å². The number of benzene rings is 2. The number of aromatic nitrogens is 4. The summed E-state index contributed by atoms with van der Waals surface area (Å²) in [7, 11) is 0. The second kappa shape index (κ2) is 6.83. The van der Waals surface area contributed by atoms with Crippen molar-refractivity contribution in [1.82, 2.24) is 19.7 Å². The van der Waals surface area contributed by atoms with Crippen LogP contribution in [-0.4, -0.2) is 19.7 Å². The maximum absolute atomic E-state index is 13.8. The zero-order valence-corrected chi connectivity index (χ0v) is 15.5. The van der Waals surface area contributed by atoms with E-state index in [1.807, 2.05) is 16.8 Å². The summed E-state index contributed by atoms with van der Waals surface area (Å²) in [6.45, 7) is 0. The minimum atomic E-state index is -0.932. The van der Waals surface area contributed by atoms with E-state index in [1.54, 1.807) is 0 Å². The predicted molar refractivity (Wildman–Crippen MR) is 105 cm³/mol. The Hall–Kier alpha value is -3.06. The molecule has 0 amide bonds. The number of hydrogen-bond acceptors (Lipinski definition) is 4. The first-order valence-corrected chi connectivity index (χ1v) is 8.62. The van der Waals surface area contributed by atoms with Gasteiger partial charge in [0.1, 0.15) is 17.8 Å². The molecule has 2 heterocycles. The van der Waals surface area contributed by atoms with Gasteiger partial charge in [-0.1, -0.05) is 24.3 Å². The van der Waals surface area contributed by atoms with Gasteiger partial charge in [-0.3, -0.25) is 0 Å². The molecular formula is C20H16ClF2N5. The van der Waals surface area contributed by atoms with E-state index in [1.165, 1.54) is 23.5 Å². The van der Waals surface area contributed by atoms with E-state index in [0.29, 0.717) is 22.3 Å². The first-order chi connectivity index (χ1) is 13.1. The topological polar surface area (TPSA) is 69.6 Å². The molecule has 0 saturated heterocycles. The zero-order chi connectivity index (χ0) is 18.5. The third-order valence-corrected chi connectivity index (χ3v) is 5.09. The second-order valence-corrected chi connectivity index (χ2v) is 6.71. The minimum Gasteiger partial charge on any atom is -0.383 e. The van der Waals surface area contributed by atoms with Crippen LogP contribution in [0.1, 0.15) is 17.2 Å². The molecular weight excluding hydrogens is 384 g/mol. The average molecular weight is 400 g/mol. The molecule has 2 aromatic carbocycles. The van der Waals surface area contributed by atoms with Crippen molar-refractivity contribution in [3.63, 3.8) is 0 Å². The smallest absolute Gasteiger partial charge is 0.164 e. The van der Waals surface area contributed by atoms with Crippen LogP contribution in [0.4, 0.5) is 14.6 Å². The van der Waals surface area contributed by atoms with Crippen LogP contribution in [0.25, 0.3) is 22.3 Å². The Morgan fingerprint density at radius 2 is 1.68 bits per heavy atom. The molecule has 1 aliphatic rings. The lowest BCUT2D eigenvalue weighted by Gasteiger charge is -2.10. The molecule has 0 bridgehead atoms. The maximum atomic E-state index is 13.8. The van der Waals surface area contributed by atoms with Crippen LogP contribution in [0.3, 0.4) is 0 Å². The Bertz CT molecular complexity index is 1170. The molecule has 2 aromatic heterocycles. The summed E-state index contributed by atoms with van der Waals surface area (Å²) < 4.78 is 29.0. The van der Waals surface area contributed by atoms with Crippen molar-refractivity contribution in [3.8, 4) is 11.3 Å². The van der Waals surface area contributed by atoms with Gasteiger partial charge < -0.3 is 5.73 Å². The van der Waals surface area contributed by atoms with Crippen LogP contribution >= 0.6 is 12.4 Å². The lowest BCUT2D eigenvalue weighted by molar-refractivity contribution is 0.488. The Kier molecular flexibility index (Phi) is 4.47. The summed E-state index contributed by atoms with van der Waals surface area (Å²) in [6, 6.07) is 12.0. The molecule has 0 saturated carbocycles. The largest absolute Gasteiger partial charge is 0.383 e. The summed E-state index contributed by atoms with van der Waals surface area (Å²) >= 11 is 0. The number of rotatable bonds is 2. The van der Waals surface area contributed by atoms with Gasteiger partial charge in [0.2, 0.25) is 0 Å². The monoisotopic (exact) mass is 399 g/mol. The number of hydrogen-bond donors (Lipinski definition) is 1. The van der Waals surface area contributed by atoms with E-state index in [9.17, 15) is 8.78 Å². The minimum absolute atomic E-state index is 0. The van der Waals surface area contributed by atoms with Crippen molar-refractivity contribution >= 4 is 29.3 Å². The van der Waals surface area contributed by atoms with E-state index >= 15 is 0 Å². The lowest BCUT2D eigenvalue weighted by atomic mass is 10.1. The van der Waals surface area contributed by atoms with Crippen LogP contribution < -0.4 is 5.73 Å². The lowest BCUT2D eigenvalue weighted by Crippen LogP contribution is -2.11. The van der Waals surface area contributed by atoms with E-state index in [0.717, 1.165) is 25.0 Å². The normalized spacial score (nSPS) is 13.5. The van der Waals surface area contributed by atoms with Crippen molar-refractivity contribution in [3.05, 3.63) is 71.6 Å². The van der Waals surface area contributed by atoms with Crippen LogP contribution in [0.2, 0.25) is 0 Å². The molecule has 0 radical (unpaired) electrons. The number of halogens is 3. The van der Waals surface area contributed by atoms with Crippen LogP contribution in [0.5, 0.6) is 0 Å². The molecule has 1 aliphatic carbocycles. The molecule has 5 nitrogen and oxygen atoms in total. The van der Waals surface area contributed by atoms with Gasteiger partial charge in [-0.2, -0.15) is 5.10 Å². The summed E-state index contributed by atoms with van der Waals surface area (Å²) in [5.41, 5.74) is 10.1. The van der Waals surface area contributed by atoms with Gasteiger partial charge in [0.25, 0.3) is 0 Å². The highest BCUT2D eigenvalue weighted by Gasteiger charge is 2.27. The van der Waals surface area contributed by atoms with Gasteiger partial charge in [0.05, 0.1) is 11.4 Å². The second-order valence-electron chi connectivity index (χ2n) is 6.71. The summed E-state index contributed by atoms with van der Waals surface area (Å²) in [5.74, 6) is -1.57. The number of fused-ring (bicyclic) bond motifs is 2. The molecule has 5 rings (SSSR count). The van der Waals surface area contributed by atoms with Gasteiger partial charge in [-0.15, -0.1) is 12.4 Å². The molecule has 0 atom stereocenters. The fourth-order valence-corrected chi connectivity index (χ4v) is 3.80. The van der Waals surface area contributed by atoms with Crippen molar-refractivity contribution in [2.24, 2.45) is 0 Å². The first kappa shape index (κ1) is 18.3. The predicted octanol–water partition coefficient (Wildman–Crippen LogP) is 4.12. The van der Waals surface area contributed by atoms with Crippen molar-refractivity contribution in [2.45, 2.75) is 18.9 Å². The third-order valence-electron chi connectivity index (χ3n) is 5.09. The van der Waals surface area contributed by atoms with Crippen LogP contribution in [0.15, 0.2) is 48.8 Å². The van der Waals surface area contributed by atoms with E-state index < -0.39 is 11.6 Å². The van der Waals surface area contributed by atoms with Crippen molar-refractivity contribution in [1.29, 1.82) is 0 Å². The molecule has 142 valence electrons. The summed E-state index contributed by atoms with van der Waals surface area (Å²) in [5, 5.41) is 5.26. The van der Waals surface area contributed by atoms with E-state index in [4.69, 9.17) is 10.8 Å². The molecule has 8 heteroatoms. The number of anilines is 1. The average Bonchev–Trinajstić information content (AvgIpc) is 3.26. The quantitative estimate of drug-likeness (QED) is 0.550. The fourth-order valence-electron chi connectivity index (χ4n) is 3.80. The summed E-state index contributed by atoms with van der Waals surface area (Å²) in [6.07, 6.45) is 3.05. The Balaban J connectivity index is 0.00000192. The van der Waals surface area contributed by atoms with Gasteiger partial charge in [0, 0.05) is 5.56 Å². The maximum Gasteiger partial charge on any atom is 0.164 e. The fraction of sp³-hybridized carbons (Fsp3) is 0.150. The zero-order valence-electron chi connectivity index (χ0n) is 14.6.